The summed E-state index contributed by atoms with van der Waals surface area (Å²) in [5.74, 6) is -16.8. The molecule has 2 bridgehead atoms. The minimum Gasteiger partial charge on any atom is -0.394 e. The molecular formula is C64H86N12O18S2. The van der Waals surface area contributed by atoms with Crippen molar-refractivity contribution in [2.24, 2.45) is 29.6 Å². The lowest BCUT2D eigenvalue weighted by Gasteiger charge is -2.32. The van der Waals surface area contributed by atoms with E-state index >= 15 is 13.8 Å². The molecule has 3 aromatic rings. The average Bonchev–Trinajstić information content (AvgIpc) is 1.62. The molecule has 14 atom stereocenters. The number of amides is 12. The first-order valence-electron chi connectivity index (χ1n) is 31.9. The molecule has 5 heterocycles. The molecule has 13 N–H and O–H groups in total. The number of likely N-dealkylation sites (tertiary alicyclic amines) is 1. The predicted molar refractivity (Wildman–Crippen MR) is 348 cm³/mol. The van der Waals surface area contributed by atoms with E-state index in [0.717, 1.165) is 9.80 Å². The molecule has 12 amide bonds. The Balaban J connectivity index is 1.14. The number of para-hydroxylation sites is 1. The van der Waals surface area contributed by atoms with Crippen LogP contribution in [0.2, 0.25) is 0 Å². The number of fused-ring (bicyclic) bond motifs is 5. The normalized spacial score (nSPS) is 25.3. The highest BCUT2D eigenvalue weighted by molar-refractivity contribution is 8.00. The van der Waals surface area contributed by atoms with Gasteiger partial charge in [0.25, 0.3) is 0 Å². The van der Waals surface area contributed by atoms with Crippen LogP contribution in [0.3, 0.4) is 0 Å². The highest BCUT2D eigenvalue weighted by Gasteiger charge is 2.46. The number of aromatic amines is 1. The van der Waals surface area contributed by atoms with E-state index in [4.69, 9.17) is 0 Å². The fourth-order valence-corrected chi connectivity index (χ4v) is 13.9. The van der Waals surface area contributed by atoms with E-state index in [1.54, 1.807) is 70.3 Å². The number of nitrogens with one attached hydrogen (secondary N) is 10. The second kappa shape index (κ2) is 34.0. The number of hydrogen-bond acceptors (Lipinski definition) is 19. The highest BCUT2D eigenvalue weighted by atomic mass is 32.2. The van der Waals surface area contributed by atoms with E-state index in [0.29, 0.717) is 22.9 Å². The molecule has 4 aliphatic heterocycles. The maximum atomic E-state index is 15.1. The standard InChI is InChI=1S/C64H86N12O18S2/c1-8-32(4)55-60(90)67-26-51(84)70-43-30-96(94)62-41(40-11-9-10-12-42(40)71-62)19-36(58(88)66-27-52(85)73-55)20-46(80)56(33(5)47(81)29-77)74-59(89)44-23-39(78)28-76(44)63(92)37(21-45(43)79)22-50(83)65-25-35-13-15-38(16-14-35)69-57(87)34(6)68-61(91)54(31(2)3)72-49(82)17-18-75-53(86)24-48(95-7)64(75)93/h9-16,31-34,36-37,39,43-44,47-48,54-56,71,77-78,81H,8,17-30H2,1-7H3,(H,65,83)(H,66,88)(H,67,90)(H,68,91)(H,69,87)(H,70,84)(H,72,82)(H,73,85)(H,74,89)/t32-,33-,34-,36-,37-,39+,43-,44-,47-,48?,54?,55-,56-,96?/m0/s1. The van der Waals surface area contributed by atoms with Gasteiger partial charge in [0.1, 0.15) is 29.2 Å². The number of carbonyl (C=O) groups is 14. The van der Waals surface area contributed by atoms with Crippen LogP contribution in [0, 0.1) is 29.6 Å². The summed E-state index contributed by atoms with van der Waals surface area (Å²) in [5.41, 5.74) is 1.37. The number of nitrogens with zero attached hydrogens (tertiary/aromatic N) is 2. The number of hydrogen-bond donors (Lipinski definition) is 13. The summed E-state index contributed by atoms with van der Waals surface area (Å²) in [7, 11) is -2.33. The van der Waals surface area contributed by atoms with Crippen molar-refractivity contribution in [1.29, 1.82) is 0 Å². The number of Topliss-reactive ketones (excluding diaryl/α,β-unsaturated/α-hetero) is 2. The number of anilines is 1. The molecule has 30 nitrogen and oxygen atoms in total. The third-order valence-corrected chi connectivity index (χ3v) is 20.2. The van der Waals surface area contributed by atoms with E-state index in [1.807, 2.05) is 0 Å². The fourth-order valence-electron chi connectivity index (χ4n) is 11.9. The van der Waals surface area contributed by atoms with E-state index in [-0.39, 0.29) is 60.4 Å². The molecule has 2 fully saturated rings. The number of rotatable bonds is 19. The molecule has 7 rings (SSSR count). The lowest BCUT2D eigenvalue weighted by atomic mass is 9.85. The van der Waals surface area contributed by atoms with E-state index < -0.39 is 222 Å². The van der Waals surface area contributed by atoms with Crippen LogP contribution in [0.25, 0.3) is 10.9 Å². The van der Waals surface area contributed by atoms with Gasteiger partial charge in [0.2, 0.25) is 70.9 Å². The molecular weight excluding hydrogens is 1290 g/mol. The first kappa shape index (κ1) is 74.9. The van der Waals surface area contributed by atoms with Crippen LogP contribution in [0.1, 0.15) is 97.6 Å². The van der Waals surface area contributed by atoms with E-state index in [1.165, 1.54) is 37.7 Å². The zero-order chi connectivity index (χ0) is 70.4. The molecule has 32 heteroatoms. The first-order valence-corrected chi connectivity index (χ1v) is 34.5. The minimum absolute atomic E-state index is 0.0377. The second-order valence-corrected chi connectivity index (χ2v) is 27.6. The summed E-state index contributed by atoms with van der Waals surface area (Å²) in [6, 6.07) is 4.23. The van der Waals surface area contributed by atoms with Gasteiger partial charge in [0.05, 0.1) is 71.7 Å². The number of benzene rings is 2. The third kappa shape index (κ3) is 19.2. The smallest absolute Gasteiger partial charge is 0.246 e. The number of thioether (sulfide) groups is 1. The van der Waals surface area contributed by atoms with E-state index in [9.17, 15) is 72.9 Å². The molecule has 522 valence electrons. The van der Waals surface area contributed by atoms with Gasteiger partial charge < -0.3 is 73.1 Å². The van der Waals surface area contributed by atoms with Gasteiger partial charge >= 0.3 is 0 Å². The van der Waals surface area contributed by atoms with Crippen LogP contribution >= 0.6 is 11.8 Å². The summed E-state index contributed by atoms with van der Waals surface area (Å²) in [5, 5.41) is 55.5. The Hall–Kier alpha value is -8.46. The van der Waals surface area contributed by atoms with Crippen molar-refractivity contribution in [1.82, 2.24) is 57.3 Å². The Bertz CT molecular complexity index is 3490. The number of ketones is 2. The van der Waals surface area contributed by atoms with Crippen LogP contribution in [-0.2, 0) is 90.9 Å². The molecule has 2 aromatic carbocycles. The van der Waals surface area contributed by atoms with Crippen LogP contribution in [0.5, 0.6) is 0 Å². The van der Waals surface area contributed by atoms with Gasteiger partial charge in [-0.2, -0.15) is 11.8 Å². The number of H-pyrrole nitrogens is 1. The summed E-state index contributed by atoms with van der Waals surface area (Å²) in [6.45, 7) is 6.32. The van der Waals surface area contributed by atoms with Crippen molar-refractivity contribution in [3.63, 3.8) is 0 Å². The van der Waals surface area contributed by atoms with Crippen molar-refractivity contribution >= 4 is 122 Å². The lowest BCUT2D eigenvalue weighted by molar-refractivity contribution is -0.145. The molecule has 96 heavy (non-hydrogen) atoms. The Kier molecular flexibility index (Phi) is 26.5. The van der Waals surface area contributed by atoms with Gasteiger partial charge in [-0.05, 0) is 60.8 Å². The molecule has 0 spiro atoms. The van der Waals surface area contributed by atoms with Crippen molar-refractivity contribution in [2.45, 2.75) is 158 Å². The summed E-state index contributed by atoms with van der Waals surface area (Å²) in [4.78, 5) is 199. The van der Waals surface area contributed by atoms with Crippen LogP contribution < -0.4 is 47.9 Å². The highest BCUT2D eigenvalue weighted by Crippen LogP contribution is 2.32. The summed E-state index contributed by atoms with van der Waals surface area (Å²) < 4.78 is 15.0. The number of aliphatic hydroxyl groups is 3. The Morgan fingerprint density at radius 2 is 1.44 bits per heavy atom. The zero-order valence-electron chi connectivity index (χ0n) is 54.5. The molecule has 4 aliphatic rings. The van der Waals surface area contributed by atoms with Gasteiger partial charge in [-0.25, -0.2) is 0 Å². The van der Waals surface area contributed by atoms with Crippen molar-refractivity contribution in [3.8, 4) is 0 Å². The molecule has 2 saturated heterocycles. The van der Waals surface area contributed by atoms with Crippen LogP contribution in [0.15, 0.2) is 53.6 Å². The molecule has 1 aromatic heterocycles. The van der Waals surface area contributed by atoms with Crippen molar-refractivity contribution < 1.29 is 86.7 Å². The van der Waals surface area contributed by atoms with E-state index in [2.05, 4.69) is 52.8 Å². The van der Waals surface area contributed by atoms with Crippen LogP contribution in [0.4, 0.5) is 5.69 Å². The fraction of sp³-hybridized carbons (Fsp3) is 0.562. The number of aromatic nitrogens is 1. The zero-order valence-corrected chi connectivity index (χ0v) is 56.1. The topological polar surface area (TPSA) is 447 Å². The van der Waals surface area contributed by atoms with Crippen molar-refractivity contribution in [3.05, 3.63) is 59.7 Å². The SMILES string of the molecule is CC[C@H](C)[C@@H]1NC(=O)CNC(=O)[C@@H]2CC(=O)[C@H]([C@@H](C)[C@@H](O)CO)NC(=O)[C@@H]3C[C@@H](O)CN3C(=O)[C@H](CC(=O)NCc3ccc(NC(=O)[C@H](C)NC(=O)C(NC(=O)CCN4C(=O)CC(SC)C4=O)C(C)C)cc3)CC(=O)[C@H](CS(=O)c3[nH]c4ccccc4c3C2)NC(=O)CNC1=O. The monoisotopic (exact) mass is 1370 g/mol. The quantitative estimate of drug-likeness (QED) is 0.0569. The summed E-state index contributed by atoms with van der Waals surface area (Å²) in [6.07, 6.45) is -4.30. The Labute approximate surface area is 560 Å². The van der Waals surface area contributed by atoms with Gasteiger partial charge in [0, 0.05) is 86.6 Å². The van der Waals surface area contributed by atoms with Crippen LogP contribution in [-0.4, -0.2) is 215 Å². The third-order valence-electron chi connectivity index (χ3n) is 17.8. The largest absolute Gasteiger partial charge is 0.394 e. The minimum atomic E-state index is -2.33. The maximum absolute atomic E-state index is 15.1. The van der Waals surface area contributed by atoms with Gasteiger partial charge in [-0.15, -0.1) is 0 Å². The Morgan fingerprint density at radius 1 is 0.760 bits per heavy atom. The van der Waals surface area contributed by atoms with Crippen molar-refractivity contribution in [2.75, 3.05) is 50.1 Å². The van der Waals surface area contributed by atoms with Gasteiger partial charge in [0.15, 0.2) is 11.6 Å². The predicted octanol–water partition coefficient (Wildman–Crippen LogP) is -2.15. The second-order valence-electron chi connectivity index (χ2n) is 25.2. The lowest BCUT2D eigenvalue weighted by Crippen LogP contribution is -2.56. The molecule has 3 unspecified atom stereocenters. The number of imide groups is 1. The number of carbonyl (C=O) groups excluding carboxylic acids is 14. The number of aliphatic hydroxyl groups excluding tert-OH is 3. The first-order chi connectivity index (χ1) is 45.5. The average molecular weight is 1380 g/mol. The Morgan fingerprint density at radius 3 is 2.09 bits per heavy atom. The molecule has 0 aliphatic carbocycles. The summed E-state index contributed by atoms with van der Waals surface area (Å²) >= 11 is 1.24. The van der Waals surface area contributed by atoms with Gasteiger partial charge in [-0.3, -0.25) is 76.2 Å². The molecule has 0 saturated carbocycles. The molecule has 0 radical (unpaired) electrons. The van der Waals surface area contributed by atoms with Gasteiger partial charge in [-0.1, -0.05) is 71.4 Å². The maximum Gasteiger partial charge on any atom is 0.246 e.